The number of aliphatic hydroxyl groups is 2. The highest BCUT2D eigenvalue weighted by Crippen LogP contribution is 2.54. The Morgan fingerprint density at radius 3 is 2.48 bits per heavy atom. The summed E-state index contributed by atoms with van der Waals surface area (Å²) in [7, 11) is -1.85. The van der Waals surface area contributed by atoms with Crippen molar-refractivity contribution in [2.75, 3.05) is 66.9 Å². The monoisotopic (exact) mass is 572 g/mol. The van der Waals surface area contributed by atoms with Crippen LogP contribution < -0.4 is 25.2 Å². The van der Waals surface area contributed by atoms with Crippen molar-refractivity contribution >= 4 is 38.8 Å². The maximum Gasteiger partial charge on any atom is 0.274 e. The maximum absolute atomic E-state index is 13.6. The second-order valence-corrected chi connectivity index (χ2v) is 13.7. The lowest BCUT2D eigenvalue weighted by atomic mass is 9.93. The van der Waals surface area contributed by atoms with Crippen molar-refractivity contribution in [3.05, 3.63) is 35.5 Å². The van der Waals surface area contributed by atoms with Crippen molar-refractivity contribution < 1.29 is 23.4 Å². The van der Waals surface area contributed by atoms with Crippen molar-refractivity contribution in [1.82, 2.24) is 9.71 Å². The number of amides is 1. The van der Waals surface area contributed by atoms with E-state index in [-0.39, 0.29) is 30.3 Å². The van der Waals surface area contributed by atoms with Crippen molar-refractivity contribution in [1.29, 1.82) is 0 Å². The lowest BCUT2D eigenvalue weighted by molar-refractivity contribution is 0.102. The highest BCUT2D eigenvalue weighted by Gasteiger charge is 2.44. The number of likely N-dealkylation sites (N-methyl/N-ethyl adjacent to an activating group) is 1. The number of piperidine rings is 1. The van der Waals surface area contributed by atoms with E-state index >= 15 is 0 Å². The molecule has 1 aliphatic carbocycles. The van der Waals surface area contributed by atoms with Gasteiger partial charge in [-0.25, -0.2) is 18.1 Å². The first-order valence-corrected chi connectivity index (χ1v) is 15.4. The van der Waals surface area contributed by atoms with Crippen LogP contribution in [0.5, 0.6) is 0 Å². The van der Waals surface area contributed by atoms with Gasteiger partial charge < -0.3 is 30.6 Å². The molecular formula is C28H40N6O5S. The molecule has 5 rings (SSSR count). The molecule has 3 aliphatic rings. The summed E-state index contributed by atoms with van der Waals surface area (Å²) in [6.07, 6.45) is 5.33. The smallest absolute Gasteiger partial charge is 0.274 e. The third kappa shape index (κ3) is 5.90. The van der Waals surface area contributed by atoms with Crippen LogP contribution in [0.25, 0.3) is 0 Å². The SMILES string of the molecule is CN1CCc2cc(C(=O)Nc3ccc(S(=O)(=O)NCCO)cc3N3CCC4(CC3)CC4)nc(NC(C)(C)CO)c21. The molecule has 40 heavy (non-hydrogen) atoms. The molecule has 218 valence electrons. The van der Waals surface area contributed by atoms with Gasteiger partial charge in [-0.15, -0.1) is 0 Å². The molecule has 5 N–H and O–H groups in total. The Kier molecular flexibility index (Phi) is 7.73. The second kappa shape index (κ2) is 10.8. The largest absolute Gasteiger partial charge is 0.395 e. The number of fused-ring (bicyclic) bond motifs is 1. The normalized spacial score (nSPS) is 18.1. The van der Waals surface area contributed by atoms with Gasteiger partial charge in [0.05, 0.1) is 40.7 Å². The number of nitrogens with zero attached hydrogens (tertiary/aromatic N) is 3. The third-order valence-corrected chi connectivity index (χ3v) is 9.77. The topological polar surface area (TPSA) is 147 Å². The number of nitrogens with one attached hydrogen (secondary N) is 3. The number of hydrogen-bond acceptors (Lipinski definition) is 9. The quantitative estimate of drug-likeness (QED) is 0.289. The van der Waals surface area contributed by atoms with Crippen LogP contribution in [-0.2, 0) is 16.4 Å². The fourth-order valence-electron chi connectivity index (χ4n) is 5.57. The highest BCUT2D eigenvalue weighted by atomic mass is 32.2. The third-order valence-electron chi connectivity index (χ3n) is 8.31. The summed E-state index contributed by atoms with van der Waals surface area (Å²) < 4.78 is 28.1. The zero-order chi connectivity index (χ0) is 28.7. The summed E-state index contributed by atoms with van der Waals surface area (Å²) in [6.45, 7) is 5.61. The lowest BCUT2D eigenvalue weighted by Crippen LogP contribution is -2.36. The summed E-state index contributed by atoms with van der Waals surface area (Å²) in [5.74, 6) is 0.150. The molecule has 3 heterocycles. The zero-order valence-corrected chi connectivity index (χ0v) is 24.3. The highest BCUT2D eigenvalue weighted by molar-refractivity contribution is 7.89. The minimum Gasteiger partial charge on any atom is -0.395 e. The van der Waals surface area contributed by atoms with Gasteiger partial charge in [-0.3, -0.25) is 4.79 Å². The molecule has 2 aliphatic heterocycles. The van der Waals surface area contributed by atoms with E-state index in [1.54, 1.807) is 18.2 Å². The fraction of sp³-hybridized carbons (Fsp3) is 0.571. The van der Waals surface area contributed by atoms with Crippen molar-refractivity contribution in [3.8, 4) is 0 Å². The lowest BCUT2D eigenvalue weighted by Gasteiger charge is -2.35. The summed E-state index contributed by atoms with van der Waals surface area (Å²) in [6, 6.07) is 6.49. The van der Waals surface area contributed by atoms with Gasteiger partial charge in [0.1, 0.15) is 5.69 Å². The second-order valence-electron chi connectivity index (χ2n) is 11.9. The minimum atomic E-state index is -3.82. The van der Waals surface area contributed by atoms with E-state index in [1.165, 1.54) is 18.9 Å². The number of hydrogen-bond donors (Lipinski definition) is 5. The molecule has 1 spiro atoms. The number of rotatable bonds is 10. The Hall–Kier alpha value is -2.93. The summed E-state index contributed by atoms with van der Waals surface area (Å²) in [4.78, 5) is 22.6. The molecule has 1 saturated carbocycles. The first kappa shape index (κ1) is 28.6. The summed E-state index contributed by atoms with van der Waals surface area (Å²) >= 11 is 0. The Bertz CT molecular complexity index is 1380. The van der Waals surface area contributed by atoms with Crippen LogP contribution in [0.3, 0.4) is 0 Å². The molecule has 1 amide bonds. The molecule has 1 aromatic heterocycles. The van der Waals surface area contributed by atoms with Gasteiger partial charge in [0.15, 0.2) is 5.82 Å². The zero-order valence-electron chi connectivity index (χ0n) is 23.5. The van der Waals surface area contributed by atoms with Crippen molar-refractivity contribution in [3.63, 3.8) is 0 Å². The van der Waals surface area contributed by atoms with Crippen LogP contribution >= 0.6 is 0 Å². The van der Waals surface area contributed by atoms with Crippen LogP contribution in [0, 0.1) is 5.41 Å². The van der Waals surface area contributed by atoms with Crippen molar-refractivity contribution in [2.24, 2.45) is 5.41 Å². The number of carbonyl (C=O) groups is 1. The average molecular weight is 573 g/mol. The average Bonchev–Trinajstić information content (AvgIpc) is 3.58. The van der Waals surface area contributed by atoms with Crippen LogP contribution in [0.2, 0.25) is 0 Å². The van der Waals surface area contributed by atoms with Gasteiger partial charge >= 0.3 is 0 Å². The molecular weight excluding hydrogens is 532 g/mol. The fourth-order valence-corrected chi connectivity index (χ4v) is 6.61. The van der Waals surface area contributed by atoms with Gasteiger partial charge in [-0.2, -0.15) is 0 Å². The van der Waals surface area contributed by atoms with Crippen LogP contribution in [0.15, 0.2) is 29.2 Å². The van der Waals surface area contributed by atoms with Crippen LogP contribution in [0.1, 0.15) is 55.6 Å². The molecule has 0 bridgehead atoms. The van der Waals surface area contributed by atoms with E-state index in [1.807, 2.05) is 20.9 Å². The Morgan fingerprint density at radius 2 is 1.82 bits per heavy atom. The van der Waals surface area contributed by atoms with E-state index in [4.69, 9.17) is 5.11 Å². The molecule has 0 unspecified atom stereocenters. The van der Waals surface area contributed by atoms with Gasteiger partial charge in [0.25, 0.3) is 5.91 Å². The Balaban J connectivity index is 1.46. The minimum absolute atomic E-state index is 0.0783. The molecule has 2 aromatic rings. The number of carbonyl (C=O) groups excluding carboxylic acids is 1. The number of aromatic nitrogens is 1. The molecule has 1 aromatic carbocycles. The predicted molar refractivity (Wildman–Crippen MR) is 156 cm³/mol. The molecule has 11 nitrogen and oxygen atoms in total. The first-order valence-electron chi connectivity index (χ1n) is 13.9. The number of aliphatic hydroxyl groups excluding tert-OH is 2. The summed E-state index contributed by atoms with van der Waals surface area (Å²) in [5.41, 5.74) is 3.13. The standard InChI is InChI=1S/C28H40N6O5S/c1-27(2,18-36)32-25-24-19(6-12-33(24)3)16-22(30-25)26(37)31-21-5-4-20(40(38,39)29-11-15-35)17-23(21)34-13-9-28(7-8-28)10-14-34/h4-5,16-17,29,35-36H,6-15,18H2,1-3H3,(H,30,32)(H,31,37). The van der Waals surface area contributed by atoms with E-state index in [9.17, 15) is 18.3 Å². The molecule has 0 radical (unpaired) electrons. The van der Waals surface area contributed by atoms with Gasteiger partial charge in [-0.1, -0.05) is 0 Å². The molecule has 0 atom stereocenters. The molecule has 2 fully saturated rings. The van der Waals surface area contributed by atoms with Crippen LogP contribution in [0.4, 0.5) is 22.9 Å². The van der Waals surface area contributed by atoms with E-state index in [0.29, 0.717) is 22.6 Å². The van der Waals surface area contributed by atoms with Crippen molar-refractivity contribution in [2.45, 2.75) is 56.4 Å². The Labute approximate surface area is 236 Å². The predicted octanol–water partition coefficient (Wildman–Crippen LogP) is 2.16. The van der Waals surface area contributed by atoms with Gasteiger partial charge in [-0.05, 0) is 81.2 Å². The van der Waals surface area contributed by atoms with E-state index in [0.717, 1.165) is 50.1 Å². The van der Waals surface area contributed by atoms with Crippen LogP contribution in [-0.4, -0.2) is 81.5 Å². The number of benzene rings is 1. The van der Waals surface area contributed by atoms with E-state index < -0.39 is 21.5 Å². The summed E-state index contributed by atoms with van der Waals surface area (Å²) in [5, 5.41) is 25.2. The van der Waals surface area contributed by atoms with E-state index in [2.05, 4.69) is 30.1 Å². The number of anilines is 4. The number of pyridine rings is 1. The molecule has 12 heteroatoms. The molecule has 1 saturated heterocycles. The maximum atomic E-state index is 13.6. The Morgan fingerprint density at radius 1 is 1.10 bits per heavy atom. The van der Waals surface area contributed by atoms with Gasteiger partial charge in [0, 0.05) is 33.2 Å². The first-order chi connectivity index (χ1) is 19.0. The number of sulfonamides is 1. The van der Waals surface area contributed by atoms with Gasteiger partial charge in [0.2, 0.25) is 10.0 Å².